The summed E-state index contributed by atoms with van der Waals surface area (Å²) in [6, 6.07) is 0. The van der Waals surface area contributed by atoms with Crippen LogP contribution in [0.3, 0.4) is 0 Å². The van der Waals surface area contributed by atoms with E-state index in [0.717, 1.165) is 26.2 Å². The maximum absolute atomic E-state index is 12.6. The number of aliphatic carboxylic acids is 2. The fourth-order valence-electron chi connectivity index (χ4n) is 4.34. The van der Waals surface area contributed by atoms with Crippen LogP contribution in [0.5, 0.6) is 0 Å². The quantitative estimate of drug-likeness (QED) is 0.0860. The number of aldehydes is 1. The molecule has 0 atom stereocenters. The number of carbonyl (C=O) groups excluding carboxylic acids is 3. The highest BCUT2D eigenvalue weighted by atomic mass is 16.5. The molecule has 2 amide bonds. The van der Waals surface area contributed by atoms with Crippen molar-refractivity contribution in [2.45, 2.75) is 33.1 Å². The third-order valence-electron chi connectivity index (χ3n) is 6.67. The second-order valence-electron chi connectivity index (χ2n) is 10.7. The average Bonchev–Trinajstić information content (AvgIpc) is 2.94. The van der Waals surface area contributed by atoms with Gasteiger partial charge in [-0.05, 0) is 18.8 Å². The minimum Gasteiger partial charge on any atom is -0.480 e. The van der Waals surface area contributed by atoms with Crippen LogP contribution in [0.2, 0.25) is 0 Å². The number of aliphatic hydroxyl groups is 1. The monoisotopic (exact) mass is 618 g/mol. The first kappa shape index (κ1) is 40.3. The van der Waals surface area contributed by atoms with Gasteiger partial charge in [-0.2, -0.15) is 0 Å². The number of carbonyl (C=O) groups is 5. The number of aliphatic hydroxyl groups excluding tert-OH is 1. The molecule has 1 aliphatic heterocycles. The zero-order valence-electron chi connectivity index (χ0n) is 26.2. The SMILES string of the molecule is CC(C)CCCNC(=O)CCOCCNC(=O)CN1CCN(CC(=O)O)CCN(CC=O)CCN(CC(=O)O)CC1.CO. The van der Waals surface area contributed by atoms with E-state index in [9.17, 15) is 34.2 Å². The van der Waals surface area contributed by atoms with Crippen LogP contribution in [-0.2, 0) is 28.7 Å². The van der Waals surface area contributed by atoms with E-state index < -0.39 is 11.9 Å². The van der Waals surface area contributed by atoms with Crippen molar-refractivity contribution in [2.24, 2.45) is 5.92 Å². The number of carboxylic acids is 2. The van der Waals surface area contributed by atoms with Gasteiger partial charge in [0.15, 0.2) is 0 Å². The molecule has 0 unspecified atom stereocenters. The van der Waals surface area contributed by atoms with Crippen molar-refractivity contribution in [2.75, 3.05) is 112 Å². The van der Waals surface area contributed by atoms with Gasteiger partial charge in [-0.1, -0.05) is 13.8 Å². The van der Waals surface area contributed by atoms with Gasteiger partial charge in [-0.3, -0.25) is 38.8 Å². The smallest absolute Gasteiger partial charge is 0.317 e. The fraction of sp³-hybridized carbons (Fsp3) is 0.821. The van der Waals surface area contributed by atoms with Crippen LogP contribution in [0, 0.1) is 5.92 Å². The lowest BCUT2D eigenvalue weighted by Crippen LogP contribution is -2.49. The van der Waals surface area contributed by atoms with Crippen LogP contribution in [0.4, 0.5) is 0 Å². The molecular weight excluding hydrogens is 564 g/mol. The molecule has 1 fully saturated rings. The molecule has 1 heterocycles. The third kappa shape index (κ3) is 23.4. The Morgan fingerprint density at radius 3 is 1.65 bits per heavy atom. The lowest BCUT2D eigenvalue weighted by molar-refractivity contribution is -0.139. The van der Waals surface area contributed by atoms with Crippen molar-refractivity contribution < 1.29 is 44.0 Å². The molecule has 0 aromatic carbocycles. The van der Waals surface area contributed by atoms with Crippen LogP contribution in [0.25, 0.3) is 0 Å². The number of ether oxygens (including phenoxy) is 1. The second-order valence-corrected chi connectivity index (χ2v) is 10.7. The van der Waals surface area contributed by atoms with Gasteiger partial charge >= 0.3 is 11.9 Å². The molecule has 0 spiro atoms. The van der Waals surface area contributed by atoms with E-state index in [4.69, 9.17) is 9.84 Å². The Morgan fingerprint density at radius 2 is 1.19 bits per heavy atom. The van der Waals surface area contributed by atoms with Gasteiger partial charge in [0.1, 0.15) is 6.29 Å². The van der Waals surface area contributed by atoms with Crippen molar-refractivity contribution in [1.29, 1.82) is 0 Å². The van der Waals surface area contributed by atoms with Gasteiger partial charge in [0.05, 0.1) is 39.4 Å². The maximum atomic E-state index is 12.6. The number of amides is 2. The fourth-order valence-corrected chi connectivity index (χ4v) is 4.34. The Hall–Kier alpha value is -2.69. The molecule has 5 N–H and O–H groups in total. The van der Waals surface area contributed by atoms with Crippen LogP contribution in [0.15, 0.2) is 0 Å². The van der Waals surface area contributed by atoms with Crippen molar-refractivity contribution in [3.63, 3.8) is 0 Å². The second kappa shape index (κ2) is 25.8. The summed E-state index contributed by atoms with van der Waals surface area (Å²) in [5, 5.41) is 31.3. The first-order valence-corrected chi connectivity index (χ1v) is 14.9. The maximum Gasteiger partial charge on any atom is 0.317 e. The topological polar surface area (TPSA) is 192 Å². The summed E-state index contributed by atoms with van der Waals surface area (Å²) >= 11 is 0. The standard InChI is InChI=1S/C27H50N6O8.CH4O/c1-23(2)4-3-6-28-24(35)5-18-41-19-7-29-25(36)20-31-12-14-32(21-26(37)38)10-8-30(16-17-34)9-11-33(15-13-31)22-27(39)40;1-2/h17,23H,3-16,18-22H2,1-2H3,(H,28,35)(H,29,36)(H,37,38)(H,39,40);2H,1H3. The summed E-state index contributed by atoms with van der Waals surface area (Å²) in [6.45, 7) is 9.10. The average molecular weight is 619 g/mol. The van der Waals surface area contributed by atoms with Crippen LogP contribution >= 0.6 is 0 Å². The normalized spacial score (nSPS) is 16.3. The highest BCUT2D eigenvalue weighted by Gasteiger charge is 2.20. The Labute approximate surface area is 255 Å². The van der Waals surface area contributed by atoms with E-state index in [2.05, 4.69) is 24.5 Å². The van der Waals surface area contributed by atoms with Crippen LogP contribution in [0.1, 0.15) is 33.1 Å². The summed E-state index contributed by atoms with van der Waals surface area (Å²) < 4.78 is 5.47. The Morgan fingerprint density at radius 1 is 0.721 bits per heavy atom. The van der Waals surface area contributed by atoms with Crippen molar-refractivity contribution in [3.8, 4) is 0 Å². The zero-order chi connectivity index (χ0) is 32.5. The first-order valence-electron chi connectivity index (χ1n) is 14.9. The molecule has 15 heteroatoms. The predicted octanol–water partition coefficient (Wildman–Crippen LogP) is -1.74. The summed E-state index contributed by atoms with van der Waals surface area (Å²) in [7, 11) is 1.00. The number of carboxylic acid groups (broad SMARTS) is 2. The summed E-state index contributed by atoms with van der Waals surface area (Å²) in [4.78, 5) is 65.6. The van der Waals surface area contributed by atoms with Gasteiger partial charge in [0, 0.05) is 79.0 Å². The van der Waals surface area contributed by atoms with E-state index in [1.165, 1.54) is 0 Å². The number of hydrogen-bond acceptors (Lipinski definition) is 11. The van der Waals surface area contributed by atoms with Crippen LogP contribution < -0.4 is 10.6 Å². The van der Waals surface area contributed by atoms with Crippen molar-refractivity contribution in [1.82, 2.24) is 30.2 Å². The Balaban J connectivity index is 0.00000862. The van der Waals surface area contributed by atoms with Crippen molar-refractivity contribution >= 4 is 30.0 Å². The summed E-state index contributed by atoms with van der Waals surface area (Å²) in [5.41, 5.74) is 0. The molecule has 43 heavy (non-hydrogen) atoms. The Kier molecular flexibility index (Phi) is 24.2. The largest absolute Gasteiger partial charge is 0.480 e. The molecule has 0 aliphatic carbocycles. The van der Waals surface area contributed by atoms with Crippen LogP contribution in [-0.4, -0.2) is 177 Å². The van der Waals surface area contributed by atoms with E-state index >= 15 is 0 Å². The van der Waals surface area contributed by atoms with Gasteiger partial charge in [-0.15, -0.1) is 0 Å². The van der Waals surface area contributed by atoms with E-state index in [0.29, 0.717) is 64.8 Å². The Bertz CT molecular complexity index is 771. The third-order valence-corrected chi connectivity index (χ3v) is 6.67. The van der Waals surface area contributed by atoms with E-state index in [-0.39, 0.29) is 64.2 Å². The molecule has 0 bridgehead atoms. The lowest BCUT2D eigenvalue weighted by Gasteiger charge is -2.32. The minimum atomic E-state index is -0.959. The molecule has 0 saturated carbocycles. The van der Waals surface area contributed by atoms with Gasteiger partial charge in [0.25, 0.3) is 0 Å². The molecule has 250 valence electrons. The molecular formula is C28H54N6O9. The zero-order valence-corrected chi connectivity index (χ0v) is 26.2. The highest BCUT2D eigenvalue weighted by Crippen LogP contribution is 2.02. The first-order chi connectivity index (χ1) is 20.6. The predicted molar refractivity (Wildman–Crippen MR) is 161 cm³/mol. The highest BCUT2D eigenvalue weighted by molar-refractivity contribution is 5.78. The van der Waals surface area contributed by atoms with Gasteiger partial charge in [0.2, 0.25) is 11.8 Å². The van der Waals surface area contributed by atoms with E-state index in [1.54, 1.807) is 9.80 Å². The van der Waals surface area contributed by atoms with Gasteiger partial charge in [-0.25, -0.2) is 0 Å². The number of hydrogen-bond donors (Lipinski definition) is 5. The molecule has 0 aromatic rings. The molecule has 1 aliphatic rings. The molecule has 1 rings (SSSR count). The number of nitrogens with zero attached hydrogens (tertiary/aromatic N) is 4. The number of rotatable bonds is 18. The van der Waals surface area contributed by atoms with Crippen molar-refractivity contribution in [3.05, 3.63) is 0 Å². The molecule has 0 aromatic heterocycles. The molecule has 0 radical (unpaired) electrons. The minimum absolute atomic E-state index is 0.0570. The number of nitrogens with one attached hydrogen (secondary N) is 2. The van der Waals surface area contributed by atoms with Gasteiger partial charge < -0.3 is 35.5 Å². The molecule has 15 nitrogen and oxygen atoms in total. The van der Waals surface area contributed by atoms with E-state index in [1.807, 2.05) is 9.80 Å². The lowest BCUT2D eigenvalue weighted by atomic mass is 10.1. The summed E-state index contributed by atoms with van der Waals surface area (Å²) in [5.74, 6) is -1.59. The molecule has 1 saturated heterocycles. The summed E-state index contributed by atoms with van der Waals surface area (Å²) in [6.07, 6.45) is 3.06.